The third-order valence-electron chi connectivity index (χ3n) is 16.1. The highest BCUT2D eigenvalue weighted by Crippen LogP contribution is 2.64. The minimum Gasteiger partial charge on any atom is -0.508 e. The molecule has 1 aromatic carbocycles. The normalized spacial score (nSPS) is 22.1. The molecule has 1 aromatic rings. The Kier molecular flexibility index (Phi) is 30.7. The molecule has 23 nitrogen and oxygen atoms in total. The number of halogens is 17. The number of Topliss-reactive ketones (excluding diaryl/α,β-unsaturated/α-hetero) is 3. The number of amides is 9. The van der Waals surface area contributed by atoms with Crippen LogP contribution in [0.3, 0.4) is 0 Å². The summed E-state index contributed by atoms with van der Waals surface area (Å²) in [6.45, 7) is 2.18. The Morgan fingerprint density at radius 1 is 0.657 bits per heavy atom. The van der Waals surface area contributed by atoms with E-state index in [1.54, 1.807) is 13.8 Å². The van der Waals surface area contributed by atoms with Gasteiger partial charge in [-0.2, -0.15) is 74.6 Å². The molecule has 0 spiro atoms. The molecule has 9 atom stereocenters. The molecule has 42 heteroatoms. The second kappa shape index (κ2) is 35.4. The number of hydrogen-bond acceptors (Lipinski definition) is 16. The average molecular weight is 1490 g/mol. The van der Waals surface area contributed by atoms with E-state index in [1.807, 2.05) is 0 Å². The van der Waals surface area contributed by atoms with Gasteiger partial charge in [0.25, 0.3) is 0 Å². The van der Waals surface area contributed by atoms with E-state index in [0.29, 0.717) is 5.56 Å². The lowest BCUT2D eigenvalue weighted by atomic mass is 9.87. The van der Waals surface area contributed by atoms with Gasteiger partial charge in [-0.25, -0.2) is 0 Å². The number of ketones is 3. The predicted molar refractivity (Wildman–Crippen MR) is 315 cm³/mol. The molecule has 2 fully saturated rings. The Morgan fingerprint density at radius 2 is 1.22 bits per heavy atom. The molecule has 560 valence electrons. The van der Waals surface area contributed by atoms with E-state index in [2.05, 4.69) is 26.6 Å². The van der Waals surface area contributed by atoms with Gasteiger partial charge in [0, 0.05) is 62.5 Å². The summed E-state index contributed by atoms with van der Waals surface area (Å²) in [5.74, 6) is -74.7. The van der Waals surface area contributed by atoms with E-state index in [1.165, 1.54) is 24.3 Å². The predicted octanol–water partition coefficient (Wildman–Crippen LogP) is 4.84. The van der Waals surface area contributed by atoms with Gasteiger partial charge < -0.3 is 59.5 Å². The van der Waals surface area contributed by atoms with Crippen LogP contribution in [0.2, 0.25) is 0 Å². The van der Waals surface area contributed by atoms with Crippen LogP contribution in [-0.4, -0.2) is 189 Å². The number of phenols is 1. The number of carbonyl (C=O) groups excluding carboxylic acids is 12. The fourth-order valence-corrected chi connectivity index (χ4v) is 12.5. The maximum Gasteiger partial charge on any atom is 0.460 e. The first kappa shape index (κ1) is 86.0. The van der Waals surface area contributed by atoms with Crippen LogP contribution in [0.1, 0.15) is 116 Å². The van der Waals surface area contributed by atoms with Gasteiger partial charge in [-0.1, -0.05) is 66.8 Å². The fourth-order valence-electron chi connectivity index (χ4n) is 10.0. The number of nitrogens with two attached hydrogens (primary N) is 4. The molecule has 9 amide bonds. The molecular weight excluding hydrogens is 1420 g/mol. The van der Waals surface area contributed by atoms with Crippen LogP contribution in [0.15, 0.2) is 24.3 Å². The summed E-state index contributed by atoms with van der Waals surface area (Å²) < 4.78 is 234. The highest BCUT2D eigenvalue weighted by molar-refractivity contribution is 8.76. The van der Waals surface area contributed by atoms with Crippen LogP contribution in [0, 0.1) is 17.8 Å². The molecule has 2 aliphatic rings. The van der Waals surface area contributed by atoms with Crippen LogP contribution < -0.4 is 49.5 Å². The Bertz CT molecular complexity index is 3090. The number of rotatable bonds is 30. The summed E-state index contributed by atoms with van der Waals surface area (Å²) in [5, 5.41) is 21.8. The number of alkyl halides is 17. The molecule has 0 saturated carbocycles. The standard InChI is InChI=1S/C57H73F17N10O13S2/c1-3-27(2)43-48(96)81-35(15-16-40(76)89)46(94)82-36(23-41(77)90)39(88)22-30(25-98-99-26-33(75)38(87)21-29(44(92)83-43)20-28-11-13-32(86)14-12-28)49(97)84-19-7-10-37(84)47(95)80-34(45(93)79-24-42(78)91)9-6-4-5-8-31(85)17-18-50(58,59)51(60,61)52(62,63)53(64,65)54(66,67)55(68,69)56(70,71)57(72,73)74/h11-14,27,29-30,33-37,43,86H,3-10,15-26,75H2,1-2H3,(H2,76,89)(H2,77,90)(H2,78,91)(H,79,93)(H,80,95)(H,81,96)(H,82,94)(H,83,92)/t27?,29-,30+,33+,34+,35+,36+,37+,43+/m1/s1. The van der Waals surface area contributed by atoms with Crippen molar-refractivity contribution in [3.63, 3.8) is 0 Å². The molecule has 0 radical (unpaired) electrons. The van der Waals surface area contributed by atoms with Crippen LogP contribution in [0.25, 0.3) is 0 Å². The van der Waals surface area contributed by atoms with Crippen LogP contribution in [-0.2, 0) is 64.0 Å². The summed E-state index contributed by atoms with van der Waals surface area (Å²) in [5.41, 5.74) is 22.8. The summed E-state index contributed by atoms with van der Waals surface area (Å²) in [6.07, 6.45) is -18.8. The lowest BCUT2D eigenvalue weighted by Crippen LogP contribution is -2.74. The number of benzene rings is 1. The van der Waals surface area contributed by atoms with Crippen molar-refractivity contribution < 1.29 is 137 Å². The van der Waals surface area contributed by atoms with Gasteiger partial charge >= 0.3 is 47.6 Å². The number of unbranched alkanes of at least 4 members (excludes halogenated alkanes) is 2. The van der Waals surface area contributed by atoms with Gasteiger partial charge in [0.2, 0.25) is 53.2 Å². The van der Waals surface area contributed by atoms with E-state index in [4.69, 9.17) is 22.9 Å². The van der Waals surface area contributed by atoms with Crippen molar-refractivity contribution in [3.05, 3.63) is 29.8 Å². The molecule has 2 heterocycles. The minimum absolute atomic E-state index is 0.0680. The second-order valence-corrected chi connectivity index (χ2v) is 26.2. The van der Waals surface area contributed by atoms with Crippen molar-refractivity contribution in [1.29, 1.82) is 0 Å². The third-order valence-corrected chi connectivity index (χ3v) is 18.6. The van der Waals surface area contributed by atoms with E-state index >= 15 is 0 Å². The molecule has 2 saturated heterocycles. The van der Waals surface area contributed by atoms with Crippen LogP contribution in [0.5, 0.6) is 5.75 Å². The number of aromatic hydroxyl groups is 1. The third kappa shape index (κ3) is 21.9. The van der Waals surface area contributed by atoms with E-state index < -0.39 is 243 Å². The van der Waals surface area contributed by atoms with Crippen molar-refractivity contribution in [3.8, 4) is 5.75 Å². The van der Waals surface area contributed by atoms with Gasteiger partial charge in [-0.3, -0.25) is 57.5 Å². The lowest BCUT2D eigenvalue weighted by Gasteiger charge is -2.42. The monoisotopic (exact) mass is 1490 g/mol. The quantitative estimate of drug-likeness (QED) is 0.0280. The summed E-state index contributed by atoms with van der Waals surface area (Å²) >= 11 is 0. The zero-order valence-corrected chi connectivity index (χ0v) is 54.1. The summed E-state index contributed by atoms with van der Waals surface area (Å²) in [4.78, 5) is 163. The maximum absolute atomic E-state index is 14.8. The molecule has 14 N–H and O–H groups in total. The maximum atomic E-state index is 14.8. The SMILES string of the molecule is CCC(C)[C@@H]1NC(=O)[C@H](Cc2ccc(O)cc2)CC(=O)[C@@H](N)CSSC[C@@H](C(=O)N2CCC[C@H]2C(=O)N[C@@H](CCCCCC(=O)CCC(F)(F)C(F)(F)C(F)(F)C(F)(F)C(F)(F)C(F)(F)C(F)(F)C(F)(F)F)C(=O)NCC(N)=O)CC(=O)[C@H](CC(N)=O)NC(=O)[C@H](CCC(N)=O)NC1=O. The smallest absolute Gasteiger partial charge is 0.460 e. The molecular formula is C57H73F17N10O13S2. The fraction of sp³-hybridized carbons (Fsp3) is 0.684. The molecule has 1 unspecified atom stereocenters. The lowest BCUT2D eigenvalue weighted by molar-refractivity contribution is -0.461. The zero-order valence-electron chi connectivity index (χ0n) is 52.5. The summed E-state index contributed by atoms with van der Waals surface area (Å²) in [7, 11) is 1.81. The number of carbonyl (C=O) groups is 12. The summed E-state index contributed by atoms with van der Waals surface area (Å²) in [6, 6.07) is -3.86. The van der Waals surface area contributed by atoms with Crippen molar-refractivity contribution >= 4 is 92.1 Å². The molecule has 3 rings (SSSR count). The van der Waals surface area contributed by atoms with Crippen LogP contribution in [0.4, 0.5) is 74.6 Å². The molecule has 99 heavy (non-hydrogen) atoms. The van der Waals surface area contributed by atoms with Crippen molar-refractivity contribution in [2.24, 2.45) is 40.7 Å². The molecule has 0 aliphatic carbocycles. The minimum atomic E-state index is -8.83. The van der Waals surface area contributed by atoms with Gasteiger partial charge in [0.15, 0.2) is 11.6 Å². The molecule has 0 bridgehead atoms. The average Bonchev–Trinajstić information content (AvgIpc) is 0.946. The Labute approximate surface area is 560 Å². The van der Waals surface area contributed by atoms with Crippen LogP contribution >= 0.6 is 21.6 Å². The molecule has 2 aliphatic heterocycles. The first-order valence-corrected chi connectivity index (χ1v) is 32.6. The molecule has 0 aromatic heterocycles. The number of likely N-dealkylation sites (tertiary alicyclic amines) is 1. The zero-order chi connectivity index (χ0) is 75.8. The number of hydrogen-bond donors (Lipinski definition) is 10. The van der Waals surface area contributed by atoms with Crippen molar-refractivity contribution in [2.45, 2.75) is 200 Å². The highest BCUT2D eigenvalue weighted by atomic mass is 33.1. The van der Waals surface area contributed by atoms with Crippen molar-refractivity contribution in [1.82, 2.24) is 31.5 Å². The second-order valence-electron chi connectivity index (χ2n) is 23.7. The number of nitrogens with one attached hydrogen (secondary N) is 5. The number of phenolic OH excluding ortho intramolecular Hbond substituents is 1. The van der Waals surface area contributed by atoms with Crippen molar-refractivity contribution in [2.75, 3.05) is 24.6 Å². The van der Waals surface area contributed by atoms with Gasteiger partial charge in [-0.15, -0.1) is 0 Å². The van der Waals surface area contributed by atoms with Gasteiger partial charge in [0.05, 0.1) is 31.0 Å². The highest BCUT2D eigenvalue weighted by Gasteiger charge is 2.95. The number of nitrogens with zero attached hydrogens (tertiary/aromatic N) is 1. The Morgan fingerprint density at radius 3 is 1.78 bits per heavy atom. The van der Waals surface area contributed by atoms with E-state index in [0.717, 1.165) is 26.5 Å². The van der Waals surface area contributed by atoms with E-state index in [9.17, 15) is 137 Å². The topological polar surface area (TPSA) is 393 Å². The van der Waals surface area contributed by atoms with Gasteiger partial charge in [-0.05, 0) is 62.1 Å². The van der Waals surface area contributed by atoms with Gasteiger partial charge in [0.1, 0.15) is 35.7 Å². The largest absolute Gasteiger partial charge is 0.508 e. The first-order chi connectivity index (χ1) is 45.4. The Balaban J connectivity index is 1.91. The van der Waals surface area contributed by atoms with E-state index in [-0.39, 0.29) is 62.3 Å². The first-order valence-electron chi connectivity index (χ1n) is 30.1. The Hall–Kier alpha value is -7.27. The number of primary amides is 3.